The van der Waals surface area contributed by atoms with Gasteiger partial charge in [0.15, 0.2) is 12.3 Å². The van der Waals surface area contributed by atoms with E-state index in [1.165, 1.54) is 14.2 Å². The Bertz CT molecular complexity index is 1850. The average Bonchev–Trinajstić information content (AvgIpc) is 1.91. The van der Waals surface area contributed by atoms with Crippen molar-refractivity contribution in [3.05, 3.63) is 59.7 Å². The van der Waals surface area contributed by atoms with Crippen LogP contribution in [0.25, 0.3) is 0 Å². The molecule has 0 atom stereocenters. The third-order valence-corrected chi connectivity index (χ3v) is 11.1. The van der Waals surface area contributed by atoms with Gasteiger partial charge in [-0.25, -0.2) is 8.42 Å². The van der Waals surface area contributed by atoms with E-state index >= 15 is 0 Å². The minimum absolute atomic E-state index is 0. The van der Waals surface area contributed by atoms with Crippen LogP contribution in [0.15, 0.2) is 48.5 Å². The van der Waals surface area contributed by atoms with E-state index in [0.29, 0.717) is 246 Å². The molecule has 482 valence electrons. The fourth-order valence-electron chi connectivity index (χ4n) is 6.37. The van der Waals surface area contributed by atoms with Crippen molar-refractivity contribution >= 4 is 28.5 Å². The smallest absolute Gasteiger partial charge is 0.726 e. The molecule has 85 heavy (non-hydrogen) atoms. The monoisotopic (exact) mass is 1280 g/mol. The fraction of sp³-hybridized carbons (Fsp3) is 0.750. The molecule has 2 aromatic rings. The predicted octanol–water partition coefficient (Wildman–Crippen LogP) is -4.67. The molecule has 0 unspecified atom stereocenters. The molecule has 0 aliphatic carbocycles. The van der Waals surface area contributed by atoms with Crippen LogP contribution in [-0.4, -0.2) is 271 Å². The van der Waals surface area contributed by atoms with Gasteiger partial charge in [-0.15, -0.1) is 4.33 Å². The van der Waals surface area contributed by atoms with Gasteiger partial charge in [-0.3, -0.25) is 18.2 Å². The zero-order valence-corrected chi connectivity index (χ0v) is 55.4. The fourth-order valence-corrected chi connectivity index (χ4v) is 6.84. The van der Waals surface area contributed by atoms with Crippen molar-refractivity contribution in [2.45, 2.75) is 5.79 Å². The van der Waals surface area contributed by atoms with Gasteiger partial charge >= 0.3 is 59.1 Å². The molecule has 0 amide bonds. The van der Waals surface area contributed by atoms with Gasteiger partial charge in [0.2, 0.25) is 16.2 Å². The summed E-state index contributed by atoms with van der Waals surface area (Å²) < 4.78 is 154. The van der Waals surface area contributed by atoms with Crippen molar-refractivity contribution in [1.29, 1.82) is 0 Å². The maximum atomic E-state index is 13.8. The number of carbonyl (C=O) groups excluding carboxylic acids is 1. The van der Waals surface area contributed by atoms with Crippen LogP contribution >= 0.6 is 12.3 Å². The Morgan fingerprint density at radius 2 is 0.635 bits per heavy atom. The molecule has 2 aromatic carbocycles. The Hall–Kier alpha value is -0.950. The summed E-state index contributed by atoms with van der Waals surface area (Å²) >= 11 is 0.439. The summed E-state index contributed by atoms with van der Waals surface area (Å²) in [7, 11) is -1.88. The molecule has 0 radical (unpaired) electrons. The van der Waals surface area contributed by atoms with Gasteiger partial charge in [0.25, 0.3) is 5.79 Å². The maximum absolute atomic E-state index is 13.8. The van der Waals surface area contributed by atoms with Crippen LogP contribution in [-0.2, 0) is 119 Å². The van der Waals surface area contributed by atoms with Crippen molar-refractivity contribution in [2.24, 2.45) is 0 Å². The summed E-state index contributed by atoms with van der Waals surface area (Å²) in [4.78, 5) is 13.8. The zero-order valence-electron chi connectivity index (χ0n) is 49.7. The molecule has 0 heterocycles. The zero-order chi connectivity index (χ0) is 59.7. The van der Waals surface area contributed by atoms with E-state index < -0.39 is 22.0 Å². The van der Waals surface area contributed by atoms with Crippen LogP contribution in [0.5, 0.6) is 11.5 Å². The molecule has 0 aliphatic heterocycles. The molecule has 2 rings (SSSR count). The second-order valence-electron chi connectivity index (χ2n) is 16.2. The second-order valence-corrected chi connectivity index (χ2v) is 17.7. The van der Waals surface area contributed by atoms with E-state index in [0.717, 1.165) is 0 Å². The first-order valence-electron chi connectivity index (χ1n) is 27.0. The Morgan fingerprint density at radius 3 is 0.894 bits per heavy atom. The van der Waals surface area contributed by atoms with Crippen molar-refractivity contribution in [1.82, 2.24) is 0 Å². The predicted molar refractivity (Wildman–Crippen MR) is 288 cm³/mol. The molecule has 0 aromatic heterocycles. The first kappa shape index (κ1) is 84.0. The second kappa shape index (κ2) is 61.9. The molecule has 0 saturated carbocycles. The van der Waals surface area contributed by atoms with Crippen LogP contribution in [0.4, 0.5) is 0 Å². The molecule has 33 heteroatoms. The van der Waals surface area contributed by atoms with Crippen molar-refractivity contribution < 1.29 is 195 Å². The number of benzene rings is 2. The van der Waals surface area contributed by atoms with Gasteiger partial charge in [0, 0.05) is 25.3 Å². The standard InChI is InChI=1S/C52H88O29S2.2Na/c1-58-52(59-2,48-5-9-50(10-6-48)77-44-40-73-36-32-69-28-24-65-20-16-61-12-14-63-18-22-67-26-30-71-34-38-75-42-46-79-83(55,56)57)51(53)47-3-7-49(8-4-47)76-43-39-72-35-31-68-27-23-64-19-15-60-11-13-62-17-21-66-25-29-70-33-37-74-41-45-78-82-81-80-54;;/h3-10,54H,11-46H2,1-2H3,(H,55,56,57);;/q;2*+1/p-2. The summed E-state index contributed by atoms with van der Waals surface area (Å²) in [5.74, 6) is -0.935. The van der Waals surface area contributed by atoms with Crippen LogP contribution in [0.3, 0.4) is 0 Å². The Morgan fingerprint density at radius 1 is 0.388 bits per heavy atom. The topological polar surface area (TPSA) is 319 Å². The van der Waals surface area contributed by atoms with Crippen LogP contribution in [0.2, 0.25) is 0 Å². The largest absolute Gasteiger partial charge is 1.00 e. The molecule has 0 fully saturated rings. The van der Waals surface area contributed by atoms with E-state index in [1.807, 2.05) is 0 Å². The number of hydrogen-bond donors (Lipinski definition) is 0. The Balaban J connectivity index is 0.0000353. The molecule has 29 nitrogen and oxygen atoms in total. The summed E-state index contributed by atoms with van der Waals surface area (Å²) in [6, 6.07) is 13.6. The summed E-state index contributed by atoms with van der Waals surface area (Å²) in [5, 5.41) is 12.7. The van der Waals surface area contributed by atoms with E-state index in [1.54, 1.807) is 48.5 Å². The van der Waals surface area contributed by atoms with Crippen molar-refractivity contribution in [3.63, 3.8) is 0 Å². The van der Waals surface area contributed by atoms with Crippen molar-refractivity contribution in [2.75, 3.05) is 252 Å². The van der Waals surface area contributed by atoms with E-state index in [2.05, 4.69) is 13.6 Å². The van der Waals surface area contributed by atoms with Crippen LogP contribution in [0, 0.1) is 0 Å². The number of carbonyl (C=O) groups is 1. The summed E-state index contributed by atoms with van der Waals surface area (Å²) in [5.41, 5.74) is 0.855. The number of ketones is 1. The SMILES string of the molecule is COC(OC)(C(=O)c1ccc(OCCOCCOCCOCCOCCOCCOCCOCCOCCOSOO[O-])cc1)c1ccc(OCCOCCOCCOCCOCCOCCOCCOCCOCCOS(=O)(=O)[O-])cc1.[Na+].[Na+]. The first-order chi connectivity index (χ1) is 40.8. The van der Waals surface area contributed by atoms with Gasteiger partial charge in [-0.1, -0.05) is 0 Å². The molecule has 0 spiro atoms. The molecule has 0 saturated heterocycles. The van der Waals surface area contributed by atoms with Gasteiger partial charge in [0.05, 0.1) is 225 Å². The summed E-state index contributed by atoms with van der Waals surface area (Å²) in [6.07, 6.45) is 0. The van der Waals surface area contributed by atoms with Crippen molar-refractivity contribution in [3.8, 4) is 11.5 Å². The number of hydrogen-bond acceptors (Lipinski definition) is 30. The maximum Gasteiger partial charge on any atom is 1.00 e. The summed E-state index contributed by atoms with van der Waals surface area (Å²) in [6.45, 7) is 13.0. The molecular weight excluding hydrogens is 1200 g/mol. The number of Topliss-reactive ketones (excluding diaryl/α,β-unsaturated/α-hetero) is 1. The average molecular weight is 1290 g/mol. The minimum Gasteiger partial charge on any atom is -0.726 e. The molecule has 0 N–H and O–H groups in total. The number of ether oxygens (including phenoxy) is 20. The van der Waals surface area contributed by atoms with E-state index in [4.69, 9.17) is 98.9 Å². The third-order valence-electron chi connectivity index (χ3n) is 10.3. The van der Waals surface area contributed by atoms with Gasteiger partial charge < -0.3 is 105 Å². The Labute approximate surface area is 548 Å². The normalized spacial score (nSPS) is 11.7. The van der Waals surface area contributed by atoms with Crippen LogP contribution < -0.4 is 73.8 Å². The quantitative estimate of drug-likeness (QED) is 0.00692. The third kappa shape index (κ3) is 49.4. The van der Waals surface area contributed by atoms with E-state index in [-0.39, 0.29) is 85.5 Å². The van der Waals surface area contributed by atoms with Crippen LogP contribution in [0.1, 0.15) is 15.9 Å². The van der Waals surface area contributed by atoms with E-state index in [9.17, 15) is 23.0 Å². The molecule has 0 bridgehead atoms. The number of methoxy groups -OCH3 is 2. The number of rotatable bonds is 65. The van der Waals surface area contributed by atoms with Gasteiger partial charge in [0.1, 0.15) is 24.7 Å². The Kier molecular flexibility index (Phi) is 61.2. The van der Waals surface area contributed by atoms with Gasteiger partial charge in [-0.05, 0) is 48.5 Å². The van der Waals surface area contributed by atoms with Gasteiger partial charge in [-0.2, -0.15) is 0 Å². The molecule has 0 aliphatic rings. The minimum atomic E-state index is -4.70. The molecular formula is C52H86Na2O29S2. The first-order valence-corrected chi connectivity index (χ1v) is 29.0.